The van der Waals surface area contributed by atoms with Gasteiger partial charge in [0.25, 0.3) is 5.56 Å². The fourth-order valence-corrected chi connectivity index (χ4v) is 3.31. The highest BCUT2D eigenvalue weighted by molar-refractivity contribution is 5.82. The van der Waals surface area contributed by atoms with Crippen LogP contribution in [0.2, 0.25) is 0 Å². The van der Waals surface area contributed by atoms with Crippen LogP contribution in [-0.2, 0) is 12.1 Å². The maximum Gasteiger partial charge on any atom is 0.315 e. The summed E-state index contributed by atoms with van der Waals surface area (Å²) in [6.45, 7) is 11.9. The standard InChI is InChI=1S/C24H27N3O2/c1-15(2)17-9-7-11-20(13-17)24(4,5)27-23(29)25-14-19-12-18-10-6-8-16(3)21(18)26-22(19)28/h6-13H,1,14H2,2-5H3,(H,26,28)(H2,25,27,29). The second-order valence-electron chi connectivity index (χ2n) is 7.96. The summed E-state index contributed by atoms with van der Waals surface area (Å²) in [5.74, 6) is 0. The molecule has 0 saturated carbocycles. The highest BCUT2D eigenvalue weighted by Gasteiger charge is 2.23. The SMILES string of the molecule is C=C(C)c1cccc(C(C)(C)NC(=O)NCc2cc3cccc(C)c3[nH]c2=O)c1. The second-order valence-corrected chi connectivity index (χ2v) is 7.96. The third-order valence-electron chi connectivity index (χ3n) is 5.11. The molecule has 0 aliphatic heterocycles. The Morgan fingerprint density at radius 3 is 2.59 bits per heavy atom. The predicted octanol–water partition coefficient (Wildman–Crippen LogP) is 4.60. The third-order valence-corrected chi connectivity index (χ3v) is 5.11. The molecule has 0 aliphatic rings. The number of H-pyrrole nitrogens is 1. The lowest BCUT2D eigenvalue weighted by Gasteiger charge is -2.27. The summed E-state index contributed by atoms with van der Waals surface area (Å²) in [5.41, 5.74) is 4.56. The Hall–Kier alpha value is -3.34. The van der Waals surface area contributed by atoms with Crippen molar-refractivity contribution in [3.63, 3.8) is 0 Å². The fourth-order valence-electron chi connectivity index (χ4n) is 3.31. The number of para-hydroxylation sites is 1. The number of aryl methyl sites for hydroxylation is 1. The molecule has 1 aromatic heterocycles. The van der Waals surface area contributed by atoms with E-state index in [1.165, 1.54) is 0 Å². The molecular weight excluding hydrogens is 362 g/mol. The summed E-state index contributed by atoms with van der Waals surface area (Å²) in [6, 6.07) is 15.3. The summed E-state index contributed by atoms with van der Waals surface area (Å²) in [6.07, 6.45) is 0. The molecule has 1 heterocycles. The number of urea groups is 1. The van der Waals surface area contributed by atoms with E-state index in [0.717, 1.165) is 33.2 Å². The first-order valence-electron chi connectivity index (χ1n) is 9.61. The largest absolute Gasteiger partial charge is 0.334 e. The van der Waals surface area contributed by atoms with E-state index >= 15 is 0 Å². The number of fused-ring (bicyclic) bond motifs is 1. The number of hydrogen-bond donors (Lipinski definition) is 3. The molecule has 5 heteroatoms. The van der Waals surface area contributed by atoms with E-state index in [9.17, 15) is 9.59 Å². The predicted molar refractivity (Wildman–Crippen MR) is 119 cm³/mol. The van der Waals surface area contributed by atoms with Crippen molar-refractivity contribution in [2.24, 2.45) is 0 Å². The smallest absolute Gasteiger partial charge is 0.315 e. The number of pyridine rings is 1. The molecule has 0 atom stereocenters. The van der Waals surface area contributed by atoms with Gasteiger partial charge in [0, 0.05) is 12.1 Å². The number of hydrogen-bond acceptors (Lipinski definition) is 2. The molecule has 0 bridgehead atoms. The van der Waals surface area contributed by atoms with E-state index in [-0.39, 0.29) is 18.1 Å². The van der Waals surface area contributed by atoms with Crippen molar-refractivity contribution in [2.75, 3.05) is 0 Å². The first kappa shape index (κ1) is 20.4. The van der Waals surface area contributed by atoms with Crippen molar-refractivity contribution < 1.29 is 4.79 Å². The number of amides is 2. The summed E-state index contributed by atoms with van der Waals surface area (Å²) in [7, 11) is 0. The molecule has 0 saturated heterocycles. The zero-order chi connectivity index (χ0) is 21.2. The number of aromatic amines is 1. The quantitative estimate of drug-likeness (QED) is 0.596. The van der Waals surface area contributed by atoms with Crippen molar-refractivity contribution in [1.82, 2.24) is 15.6 Å². The normalized spacial score (nSPS) is 11.3. The van der Waals surface area contributed by atoms with Crippen LogP contribution in [0.4, 0.5) is 4.79 Å². The Morgan fingerprint density at radius 2 is 1.86 bits per heavy atom. The molecule has 150 valence electrons. The Bertz CT molecular complexity index is 1140. The van der Waals surface area contributed by atoms with E-state index in [4.69, 9.17) is 0 Å². The number of benzene rings is 2. The maximum atomic E-state index is 12.5. The first-order chi connectivity index (χ1) is 13.7. The molecule has 0 aliphatic carbocycles. The molecule has 0 spiro atoms. The Balaban J connectivity index is 1.72. The van der Waals surface area contributed by atoms with Gasteiger partial charge in [-0.05, 0) is 61.9 Å². The first-order valence-corrected chi connectivity index (χ1v) is 9.61. The molecule has 0 unspecified atom stereocenters. The van der Waals surface area contributed by atoms with Gasteiger partial charge in [-0.3, -0.25) is 4.79 Å². The van der Waals surface area contributed by atoms with Crippen molar-refractivity contribution in [2.45, 2.75) is 39.8 Å². The van der Waals surface area contributed by atoms with Crippen LogP contribution in [0.3, 0.4) is 0 Å². The Kier molecular flexibility index (Phi) is 5.59. The minimum Gasteiger partial charge on any atom is -0.334 e. The van der Waals surface area contributed by atoms with Gasteiger partial charge in [0.1, 0.15) is 0 Å². The molecule has 5 nitrogen and oxygen atoms in total. The van der Waals surface area contributed by atoms with Crippen LogP contribution in [0.25, 0.3) is 16.5 Å². The van der Waals surface area contributed by atoms with Crippen LogP contribution < -0.4 is 16.2 Å². The lowest BCUT2D eigenvalue weighted by Crippen LogP contribution is -2.46. The van der Waals surface area contributed by atoms with Gasteiger partial charge in [0.05, 0.1) is 11.1 Å². The van der Waals surface area contributed by atoms with Gasteiger partial charge in [-0.2, -0.15) is 0 Å². The second kappa shape index (κ2) is 7.95. The van der Waals surface area contributed by atoms with Crippen molar-refractivity contribution in [3.05, 3.63) is 87.7 Å². The number of rotatable bonds is 5. The van der Waals surface area contributed by atoms with Crippen LogP contribution in [-0.4, -0.2) is 11.0 Å². The number of aromatic nitrogens is 1. The van der Waals surface area contributed by atoms with E-state index in [1.54, 1.807) is 0 Å². The van der Waals surface area contributed by atoms with Crippen LogP contribution in [0.15, 0.2) is 59.9 Å². The summed E-state index contributed by atoms with van der Waals surface area (Å²) >= 11 is 0. The van der Waals surface area contributed by atoms with Crippen LogP contribution in [0.1, 0.15) is 43.0 Å². The molecule has 3 N–H and O–H groups in total. The van der Waals surface area contributed by atoms with Crippen LogP contribution in [0.5, 0.6) is 0 Å². The topological polar surface area (TPSA) is 74.0 Å². The van der Waals surface area contributed by atoms with Crippen molar-refractivity contribution in [1.29, 1.82) is 0 Å². The fraction of sp³-hybridized carbons (Fsp3) is 0.250. The molecular formula is C24H27N3O2. The molecule has 2 aromatic carbocycles. The van der Waals surface area contributed by atoms with E-state index in [0.29, 0.717) is 5.56 Å². The molecule has 2 amide bonds. The third kappa shape index (κ3) is 4.57. The van der Waals surface area contributed by atoms with Gasteiger partial charge in [-0.25, -0.2) is 4.79 Å². The minimum atomic E-state index is -0.581. The Morgan fingerprint density at radius 1 is 1.14 bits per heavy atom. The Labute approximate surface area is 170 Å². The van der Waals surface area contributed by atoms with E-state index < -0.39 is 5.54 Å². The minimum absolute atomic E-state index is 0.146. The van der Waals surface area contributed by atoms with Crippen LogP contribution in [0, 0.1) is 6.92 Å². The van der Waals surface area contributed by atoms with Crippen LogP contribution >= 0.6 is 0 Å². The maximum absolute atomic E-state index is 12.5. The van der Waals surface area contributed by atoms with Gasteiger partial charge in [0.2, 0.25) is 0 Å². The van der Waals surface area contributed by atoms with Gasteiger partial charge in [-0.1, -0.05) is 48.6 Å². The highest BCUT2D eigenvalue weighted by Crippen LogP contribution is 2.23. The lowest BCUT2D eigenvalue weighted by atomic mass is 9.92. The van der Waals surface area contributed by atoms with Crippen molar-refractivity contribution >= 4 is 22.5 Å². The summed E-state index contributed by atoms with van der Waals surface area (Å²) < 4.78 is 0. The number of allylic oxidation sites excluding steroid dienone is 1. The number of nitrogens with one attached hydrogen (secondary N) is 3. The average Bonchev–Trinajstić information content (AvgIpc) is 2.67. The van der Waals surface area contributed by atoms with Gasteiger partial charge in [0.15, 0.2) is 0 Å². The lowest BCUT2D eigenvalue weighted by molar-refractivity contribution is 0.229. The average molecular weight is 389 g/mol. The molecule has 29 heavy (non-hydrogen) atoms. The molecule has 3 rings (SSSR count). The van der Waals surface area contributed by atoms with Gasteiger partial charge < -0.3 is 15.6 Å². The number of carbonyl (C=O) groups is 1. The number of carbonyl (C=O) groups excluding carboxylic acids is 1. The van der Waals surface area contributed by atoms with E-state index in [2.05, 4.69) is 22.2 Å². The van der Waals surface area contributed by atoms with Gasteiger partial charge >= 0.3 is 6.03 Å². The molecule has 0 fully saturated rings. The molecule has 3 aromatic rings. The van der Waals surface area contributed by atoms with Gasteiger partial charge in [-0.15, -0.1) is 0 Å². The van der Waals surface area contributed by atoms with Crippen molar-refractivity contribution in [3.8, 4) is 0 Å². The monoisotopic (exact) mass is 389 g/mol. The zero-order valence-electron chi connectivity index (χ0n) is 17.3. The molecule has 0 radical (unpaired) electrons. The summed E-state index contributed by atoms with van der Waals surface area (Å²) in [5, 5.41) is 6.72. The summed E-state index contributed by atoms with van der Waals surface area (Å²) in [4.78, 5) is 27.8. The van der Waals surface area contributed by atoms with E-state index in [1.807, 2.05) is 76.2 Å². The highest BCUT2D eigenvalue weighted by atomic mass is 16.2. The zero-order valence-corrected chi connectivity index (χ0v) is 17.3.